The van der Waals surface area contributed by atoms with E-state index < -0.39 is 116 Å². The van der Waals surface area contributed by atoms with Gasteiger partial charge in [-0.15, -0.1) is 0 Å². The molecular formula is C42H69NO15. The van der Waals surface area contributed by atoms with Crippen LogP contribution in [-0.2, 0) is 57.1 Å². The van der Waals surface area contributed by atoms with Gasteiger partial charge in [0, 0.05) is 39.2 Å². The smallest absolute Gasteiger partial charge is 0.308 e. The summed E-state index contributed by atoms with van der Waals surface area (Å²) in [5.41, 5.74) is -1.30. The highest BCUT2D eigenvalue weighted by Crippen LogP contribution is 2.39. The summed E-state index contributed by atoms with van der Waals surface area (Å²) >= 11 is 0. The number of esters is 3. The molecule has 16 heteroatoms. The molecule has 58 heavy (non-hydrogen) atoms. The van der Waals surface area contributed by atoms with Crippen LogP contribution in [0.15, 0.2) is 24.3 Å². The van der Waals surface area contributed by atoms with Crippen molar-refractivity contribution in [2.24, 2.45) is 11.8 Å². The molecule has 3 N–H and O–H groups in total. The standard InChI is InChI=1S/C42H69NO15/c1-11-16-32(48)55-40-27(6)53-34(23-42(40,7)58-31(47)12-2)56-37-26(5)54-41(36(50)35(37)43(8)9)57-38-28(19-20-44)21-24(3)29(45)18-15-13-14-17-25(4)52-33(49)22-30(46)39(38)51-10/h13-15,18,20,24-30,34-41,45-46,50H,11-12,16-17,19,21-23H2,1-10H3/b14-13-,18-15-/t24-,25-,26-,27+,28+,29+,30-,34+,35-,36-,37-,38+,39+,40+,41+,42-/m1/s1. The van der Waals surface area contributed by atoms with Gasteiger partial charge in [-0.2, -0.15) is 0 Å². The van der Waals surface area contributed by atoms with Gasteiger partial charge in [-0.1, -0.05) is 45.1 Å². The highest BCUT2D eigenvalue weighted by Gasteiger charge is 2.54. The van der Waals surface area contributed by atoms with E-state index >= 15 is 0 Å². The van der Waals surface area contributed by atoms with Gasteiger partial charge in [0.05, 0.1) is 43.0 Å². The maximum absolute atomic E-state index is 12.9. The summed E-state index contributed by atoms with van der Waals surface area (Å²) < 4.78 is 48.8. The average Bonchev–Trinajstić information content (AvgIpc) is 3.13. The van der Waals surface area contributed by atoms with Crippen molar-refractivity contribution in [1.82, 2.24) is 4.90 Å². The minimum Gasteiger partial charge on any atom is -0.462 e. The number of hydrogen-bond donors (Lipinski definition) is 3. The van der Waals surface area contributed by atoms with Crippen LogP contribution < -0.4 is 0 Å². The Bertz CT molecular complexity index is 1380. The molecular weight excluding hydrogens is 758 g/mol. The number of nitrogens with zero attached hydrogens (tertiary/aromatic N) is 1. The third-order valence-electron chi connectivity index (χ3n) is 11.1. The third kappa shape index (κ3) is 13.6. The van der Waals surface area contributed by atoms with Gasteiger partial charge in [0.2, 0.25) is 0 Å². The zero-order chi connectivity index (χ0) is 43.3. The molecule has 0 unspecified atom stereocenters. The number of methoxy groups -OCH3 is 1. The second-order valence-corrected chi connectivity index (χ2v) is 16.3. The molecule has 0 spiro atoms. The number of aldehydes is 1. The van der Waals surface area contributed by atoms with Crippen molar-refractivity contribution in [1.29, 1.82) is 0 Å². The van der Waals surface area contributed by atoms with E-state index in [1.165, 1.54) is 7.11 Å². The van der Waals surface area contributed by atoms with Crippen LogP contribution in [0.4, 0.5) is 0 Å². The Morgan fingerprint density at radius 3 is 2.31 bits per heavy atom. The van der Waals surface area contributed by atoms with Crippen molar-refractivity contribution in [3.05, 3.63) is 24.3 Å². The fourth-order valence-corrected chi connectivity index (χ4v) is 8.07. The van der Waals surface area contributed by atoms with Crippen LogP contribution in [0.25, 0.3) is 0 Å². The topological polar surface area (TPSA) is 206 Å². The van der Waals surface area contributed by atoms with Gasteiger partial charge < -0.3 is 62.9 Å². The predicted octanol–water partition coefficient (Wildman–Crippen LogP) is 3.16. The molecule has 332 valence electrons. The van der Waals surface area contributed by atoms with E-state index in [4.69, 9.17) is 37.9 Å². The van der Waals surface area contributed by atoms with E-state index in [1.807, 2.05) is 19.9 Å². The van der Waals surface area contributed by atoms with Crippen molar-refractivity contribution >= 4 is 24.2 Å². The van der Waals surface area contributed by atoms with E-state index in [0.717, 1.165) is 0 Å². The quantitative estimate of drug-likeness (QED) is 0.139. The number of aliphatic hydroxyl groups excluding tert-OH is 3. The van der Waals surface area contributed by atoms with Crippen molar-refractivity contribution in [2.45, 2.75) is 185 Å². The van der Waals surface area contributed by atoms with Gasteiger partial charge in [0.25, 0.3) is 0 Å². The molecule has 2 fully saturated rings. The van der Waals surface area contributed by atoms with Crippen LogP contribution in [0.1, 0.15) is 99.8 Å². The summed E-state index contributed by atoms with van der Waals surface area (Å²) in [6, 6.07) is -0.783. The van der Waals surface area contributed by atoms with E-state index in [-0.39, 0.29) is 38.0 Å². The number of likely N-dealkylation sites (N-methyl/N-ethyl adjacent to an activating group) is 1. The summed E-state index contributed by atoms with van der Waals surface area (Å²) in [5, 5.41) is 34.5. The van der Waals surface area contributed by atoms with Gasteiger partial charge in [-0.05, 0) is 66.5 Å². The van der Waals surface area contributed by atoms with Gasteiger partial charge in [0.15, 0.2) is 24.3 Å². The van der Waals surface area contributed by atoms with Gasteiger partial charge in [-0.25, -0.2) is 0 Å². The Kier molecular flexibility index (Phi) is 19.9. The van der Waals surface area contributed by atoms with Crippen LogP contribution >= 0.6 is 0 Å². The lowest BCUT2D eigenvalue weighted by molar-refractivity contribution is -0.344. The SMILES string of the molecule is CCCC(=O)O[C@H]1[C@H](C)O[C@@H](O[C@H]2[C@H](N(C)C)[C@@H](O)[C@H](O[C@H]3[C@@H](CC=O)C[C@@H](C)[C@@H](O)/C=C\C=C/C[C@@H](C)OC(=O)C[C@@H](O)[C@@H]3OC)O[C@@H]2C)C[C@@]1(C)OC(=O)CC. The number of cyclic esters (lactones) is 1. The van der Waals surface area contributed by atoms with Crippen molar-refractivity contribution in [3.63, 3.8) is 0 Å². The van der Waals surface area contributed by atoms with E-state index in [0.29, 0.717) is 19.1 Å². The number of allylic oxidation sites excluding steroid dienone is 2. The Labute approximate surface area is 343 Å². The molecule has 0 bridgehead atoms. The molecule has 0 amide bonds. The number of rotatable bonds is 13. The fourth-order valence-electron chi connectivity index (χ4n) is 8.07. The molecule has 16 atom stereocenters. The highest BCUT2D eigenvalue weighted by molar-refractivity contribution is 5.71. The number of carbonyl (C=O) groups excluding carboxylic acids is 4. The zero-order valence-corrected chi connectivity index (χ0v) is 35.9. The molecule has 16 nitrogen and oxygen atoms in total. The van der Waals surface area contributed by atoms with E-state index in [2.05, 4.69) is 0 Å². The van der Waals surface area contributed by atoms with E-state index in [9.17, 15) is 34.5 Å². The summed E-state index contributed by atoms with van der Waals surface area (Å²) in [6.07, 6.45) is -3.49. The minimum atomic E-state index is -1.45. The first-order valence-corrected chi connectivity index (χ1v) is 20.6. The molecule has 0 radical (unpaired) electrons. The summed E-state index contributed by atoms with van der Waals surface area (Å²) in [5.74, 6) is -2.64. The van der Waals surface area contributed by atoms with Crippen LogP contribution in [0.5, 0.6) is 0 Å². The lowest BCUT2D eigenvalue weighted by Crippen LogP contribution is -2.66. The molecule has 0 aromatic heterocycles. The number of aliphatic hydroxyl groups is 3. The molecule has 3 aliphatic rings. The Balaban J connectivity index is 1.95. The number of ether oxygens (including phenoxy) is 8. The normalized spacial score (nSPS) is 40.6. The van der Waals surface area contributed by atoms with Crippen LogP contribution in [0, 0.1) is 11.8 Å². The monoisotopic (exact) mass is 827 g/mol. The van der Waals surface area contributed by atoms with Crippen molar-refractivity contribution < 1.29 is 72.4 Å². The second kappa shape index (κ2) is 23.3. The van der Waals surface area contributed by atoms with Crippen LogP contribution in [-0.4, -0.2) is 151 Å². The highest BCUT2D eigenvalue weighted by atomic mass is 16.7. The third-order valence-corrected chi connectivity index (χ3v) is 11.1. The maximum atomic E-state index is 12.9. The minimum absolute atomic E-state index is 0.00608. The molecule has 3 rings (SSSR count). The predicted molar refractivity (Wildman–Crippen MR) is 210 cm³/mol. The molecule has 0 aliphatic carbocycles. The largest absolute Gasteiger partial charge is 0.462 e. The molecule has 0 aromatic rings. The molecule has 0 saturated carbocycles. The summed E-state index contributed by atoms with van der Waals surface area (Å²) in [4.78, 5) is 52.1. The van der Waals surface area contributed by atoms with Gasteiger partial charge >= 0.3 is 17.9 Å². The second-order valence-electron chi connectivity index (χ2n) is 16.3. The Hall–Kier alpha value is -2.80. The van der Waals surface area contributed by atoms with Gasteiger partial charge in [-0.3, -0.25) is 14.4 Å². The maximum Gasteiger partial charge on any atom is 0.308 e. The first kappa shape index (κ1) is 49.6. The molecule has 3 heterocycles. The Morgan fingerprint density at radius 2 is 1.69 bits per heavy atom. The Morgan fingerprint density at radius 1 is 0.983 bits per heavy atom. The number of carbonyl (C=O) groups is 4. The lowest BCUT2D eigenvalue weighted by Gasteiger charge is -2.50. The van der Waals surface area contributed by atoms with Gasteiger partial charge in [0.1, 0.15) is 30.7 Å². The summed E-state index contributed by atoms with van der Waals surface area (Å²) in [6.45, 7) is 12.2. The van der Waals surface area contributed by atoms with Crippen LogP contribution in [0.3, 0.4) is 0 Å². The van der Waals surface area contributed by atoms with E-state index in [1.54, 1.807) is 71.8 Å². The average molecular weight is 828 g/mol. The first-order valence-electron chi connectivity index (χ1n) is 20.6. The molecule has 3 aliphatic heterocycles. The van der Waals surface area contributed by atoms with Crippen molar-refractivity contribution in [2.75, 3.05) is 21.2 Å². The first-order chi connectivity index (χ1) is 27.4. The lowest BCUT2D eigenvalue weighted by atomic mass is 9.82. The fraction of sp³-hybridized carbons (Fsp3) is 0.810. The molecule has 2 saturated heterocycles. The van der Waals surface area contributed by atoms with Crippen LogP contribution in [0.2, 0.25) is 0 Å². The molecule has 0 aromatic carbocycles. The summed E-state index contributed by atoms with van der Waals surface area (Å²) in [7, 11) is 4.85. The zero-order valence-electron chi connectivity index (χ0n) is 35.9. The number of hydrogen-bond acceptors (Lipinski definition) is 16. The van der Waals surface area contributed by atoms with Crippen molar-refractivity contribution in [3.8, 4) is 0 Å².